The van der Waals surface area contributed by atoms with E-state index in [0.29, 0.717) is 0 Å². The van der Waals surface area contributed by atoms with Crippen LogP contribution in [0.3, 0.4) is 0 Å². The zero-order chi connectivity index (χ0) is 9.82. The monoisotopic (exact) mass is 159 g/mol. The van der Waals surface area contributed by atoms with Crippen LogP contribution in [-0.2, 0) is 0 Å². The normalized spacial score (nSPS) is 5.92. The summed E-state index contributed by atoms with van der Waals surface area (Å²) in [6.45, 7) is 13.8. The molecule has 0 aliphatic carbocycles. The van der Waals surface area contributed by atoms with Gasteiger partial charge in [0.25, 0.3) is 0 Å². The maximum Gasteiger partial charge on any atom is 0.0905 e. The second-order valence-corrected chi connectivity index (χ2v) is 1.64. The van der Waals surface area contributed by atoms with Crippen molar-refractivity contribution in [3.8, 4) is 6.07 Å². The van der Waals surface area contributed by atoms with Crippen LogP contribution in [0.1, 0.15) is 0 Å². The second-order valence-electron chi connectivity index (χ2n) is 1.64. The van der Waals surface area contributed by atoms with Gasteiger partial charge in [-0.3, -0.25) is 0 Å². The maximum atomic E-state index is 7.51. The van der Waals surface area contributed by atoms with Gasteiger partial charge in [-0.1, -0.05) is 50.6 Å². The third-order valence-electron chi connectivity index (χ3n) is 0.873. The summed E-state index contributed by atoms with van der Waals surface area (Å²) >= 11 is 0. The number of nitriles is 1. The molecule has 1 heteroatoms. The Balaban J connectivity index is 0. The van der Waals surface area contributed by atoms with Gasteiger partial charge in [0.15, 0.2) is 0 Å². The molecule has 0 bridgehead atoms. The lowest BCUT2D eigenvalue weighted by Gasteiger charge is -1.83. The Bertz CT molecular complexity index is 216. The zero-order valence-electron chi connectivity index (χ0n) is 7.16. The van der Waals surface area contributed by atoms with Crippen LogP contribution in [0.5, 0.6) is 0 Å². The molecule has 0 aromatic carbocycles. The van der Waals surface area contributed by atoms with Gasteiger partial charge in [-0.25, -0.2) is 0 Å². The summed E-state index contributed by atoms with van der Waals surface area (Å²) in [6.07, 6.45) is 8.20. The summed E-state index contributed by atoms with van der Waals surface area (Å²) in [6, 6.07) is 1.69. The van der Waals surface area contributed by atoms with E-state index in [1.807, 2.05) is 6.08 Å². The fraction of sp³-hybridized carbons (Fsp3) is 0. The van der Waals surface area contributed by atoms with E-state index < -0.39 is 0 Å². The Kier molecular flexibility index (Phi) is 12.7. The van der Waals surface area contributed by atoms with Crippen LogP contribution < -0.4 is 0 Å². The van der Waals surface area contributed by atoms with Crippen molar-refractivity contribution in [1.82, 2.24) is 0 Å². The largest absolute Gasteiger partial charge is 0.193 e. The van der Waals surface area contributed by atoms with Crippen molar-refractivity contribution < 1.29 is 0 Å². The Hall–Kier alpha value is -1.81. The van der Waals surface area contributed by atoms with Crippen LogP contribution >= 0.6 is 0 Å². The minimum Gasteiger partial charge on any atom is -0.193 e. The number of rotatable bonds is 3. The SMILES string of the molecule is C=CC#N.C=CC=C(C=C)C=C. The average Bonchev–Trinajstić information content (AvgIpc) is 2.14. The highest BCUT2D eigenvalue weighted by molar-refractivity contribution is 5.30. The fourth-order valence-electron chi connectivity index (χ4n) is 0.355. The van der Waals surface area contributed by atoms with Crippen LogP contribution in [0, 0.1) is 11.3 Å². The first-order chi connectivity index (χ1) is 5.76. The molecule has 0 aromatic rings. The number of hydrogen-bond acceptors (Lipinski definition) is 1. The molecular formula is C11H13N. The second kappa shape index (κ2) is 11.9. The summed E-state index contributed by atoms with van der Waals surface area (Å²) in [5, 5.41) is 7.51. The predicted octanol–water partition coefficient (Wildman–Crippen LogP) is 3.17. The van der Waals surface area contributed by atoms with E-state index in [4.69, 9.17) is 5.26 Å². The molecule has 0 atom stereocenters. The van der Waals surface area contributed by atoms with Gasteiger partial charge in [0, 0.05) is 6.08 Å². The van der Waals surface area contributed by atoms with Gasteiger partial charge >= 0.3 is 0 Å². The van der Waals surface area contributed by atoms with Crippen molar-refractivity contribution in [3.63, 3.8) is 0 Å². The van der Waals surface area contributed by atoms with E-state index in [-0.39, 0.29) is 0 Å². The molecule has 0 aliphatic heterocycles. The molecule has 0 saturated heterocycles. The van der Waals surface area contributed by atoms with Crippen molar-refractivity contribution in [2.75, 3.05) is 0 Å². The minimum absolute atomic E-state index is 1.00. The van der Waals surface area contributed by atoms with Gasteiger partial charge in [0.05, 0.1) is 6.07 Å². The Morgan fingerprint density at radius 1 is 1.08 bits per heavy atom. The lowest BCUT2D eigenvalue weighted by Crippen LogP contribution is -1.63. The molecule has 0 heterocycles. The first kappa shape index (κ1) is 12.8. The molecule has 1 nitrogen and oxygen atoms in total. The first-order valence-electron chi connectivity index (χ1n) is 3.34. The van der Waals surface area contributed by atoms with E-state index in [9.17, 15) is 0 Å². The van der Waals surface area contributed by atoms with Crippen molar-refractivity contribution >= 4 is 0 Å². The predicted molar refractivity (Wildman–Crippen MR) is 54.5 cm³/mol. The molecule has 0 unspecified atom stereocenters. The number of hydrogen-bond donors (Lipinski definition) is 0. The lowest BCUT2D eigenvalue weighted by atomic mass is 10.2. The van der Waals surface area contributed by atoms with Gasteiger partial charge in [-0.15, -0.1) is 0 Å². The van der Waals surface area contributed by atoms with E-state index in [1.165, 1.54) is 6.08 Å². The molecule has 0 rings (SSSR count). The third kappa shape index (κ3) is 11.0. The fourth-order valence-corrected chi connectivity index (χ4v) is 0.355. The standard InChI is InChI=1S/C8H10.C3H3N/c1-4-7-8(5-2)6-3;1-2-3-4/h4-7H,1-3H2;2H,1H2. The summed E-state index contributed by atoms with van der Waals surface area (Å²) in [5.41, 5.74) is 1.00. The van der Waals surface area contributed by atoms with Gasteiger partial charge in [-0.2, -0.15) is 5.26 Å². The van der Waals surface area contributed by atoms with Gasteiger partial charge in [0.1, 0.15) is 0 Å². The molecule has 0 radical (unpaired) electrons. The molecular weight excluding hydrogens is 146 g/mol. The Morgan fingerprint density at radius 3 is 1.58 bits per heavy atom. The molecule has 0 amide bonds. The van der Waals surface area contributed by atoms with E-state index in [0.717, 1.165) is 5.57 Å². The van der Waals surface area contributed by atoms with Crippen LogP contribution in [0.25, 0.3) is 0 Å². The summed E-state index contributed by atoms with van der Waals surface area (Å²) in [4.78, 5) is 0. The molecule has 0 spiro atoms. The lowest BCUT2D eigenvalue weighted by molar-refractivity contribution is 1.54. The van der Waals surface area contributed by atoms with Crippen LogP contribution in [0.15, 0.2) is 62.3 Å². The molecule has 0 aliphatic rings. The topological polar surface area (TPSA) is 23.8 Å². The van der Waals surface area contributed by atoms with Crippen molar-refractivity contribution in [2.45, 2.75) is 0 Å². The molecule has 12 heavy (non-hydrogen) atoms. The molecule has 62 valence electrons. The van der Waals surface area contributed by atoms with Crippen LogP contribution in [0.2, 0.25) is 0 Å². The molecule has 0 fully saturated rings. The zero-order valence-corrected chi connectivity index (χ0v) is 7.16. The van der Waals surface area contributed by atoms with Crippen molar-refractivity contribution in [2.24, 2.45) is 0 Å². The minimum atomic E-state index is 1.00. The Morgan fingerprint density at radius 2 is 1.50 bits per heavy atom. The molecule has 0 N–H and O–H groups in total. The molecule has 0 saturated carbocycles. The summed E-state index contributed by atoms with van der Waals surface area (Å²) in [5.74, 6) is 0. The molecule has 0 aromatic heterocycles. The van der Waals surface area contributed by atoms with Gasteiger partial charge in [0.2, 0.25) is 0 Å². The Labute approximate surface area is 74.3 Å². The smallest absolute Gasteiger partial charge is 0.0905 e. The third-order valence-corrected chi connectivity index (χ3v) is 0.873. The van der Waals surface area contributed by atoms with E-state index >= 15 is 0 Å². The summed E-state index contributed by atoms with van der Waals surface area (Å²) < 4.78 is 0. The first-order valence-corrected chi connectivity index (χ1v) is 3.34. The summed E-state index contributed by atoms with van der Waals surface area (Å²) in [7, 11) is 0. The van der Waals surface area contributed by atoms with Gasteiger partial charge in [-0.05, 0) is 5.57 Å². The highest BCUT2D eigenvalue weighted by Gasteiger charge is 1.73. The quantitative estimate of drug-likeness (QED) is 0.458. The van der Waals surface area contributed by atoms with Crippen molar-refractivity contribution in [1.29, 1.82) is 5.26 Å². The van der Waals surface area contributed by atoms with E-state index in [1.54, 1.807) is 24.3 Å². The van der Waals surface area contributed by atoms with Gasteiger partial charge < -0.3 is 0 Å². The highest BCUT2D eigenvalue weighted by atomic mass is 14.2. The number of nitrogens with zero attached hydrogens (tertiary/aromatic N) is 1. The average molecular weight is 159 g/mol. The maximum absolute atomic E-state index is 7.51. The number of allylic oxidation sites excluding steroid dienone is 6. The van der Waals surface area contributed by atoms with Crippen LogP contribution in [0.4, 0.5) is 0 Å². The van der Waals surface area contributed by atoms with E-state index in [2.05, 4.69) is 26.3 Å². The van der Waals surface area contributed by atoms with Crippen molar-refractivity contribution in [3.05, 3.63) is 62.3 Å². The van der Waals surface area contributed by atoms with Crippen LogP contribution in [-0.4, -0.2) is 0 Å². The highest BCUT2D eigenvalue weighted by Crippen LogP contribution is 1.94.